The van der Waals surface area contributed by atoms with E-state index in [-0.39, 0.29) is 5.91 Å². The Hall–Kier alpha value is -3.15. The summed E-state index contributed by atoms with van der Waals surface area (Å²) in [6, 6.07) is 11.5. The van der Waals surface area contributed by atoms with Crippen molar-refractivity contribution >= 4 is 5.91 Å². The monoisotopic (exact) mass is 320 g/mol. The van der Waals surface area contributed by atoms with Crippen molar-refractivity contribution < 1.29 is 9.53 Å². The Balaban J connectivity index is 1.63. The smallest absolute Gasteiger partial charge is 0.272 e. The Morgan fingerprint density at radius 3 is 3.00 bits per heavy atom. The zero-order chi connectivity index (χ0) is 16.5. The van der Waals surface area contributed by atoms with Crippen molar-refractivity contribution in [3.8, 4) is 17.0 Å². The first-order chi connectivity index (χ1) is 11.7. The summed E-state index contributed by atoms with van der Waals surface area (Å²) in [7, 11) is 1.85. The zero-order valence-electron chi connectivity index (χ0n) is 13.2. The number of benzene rings is 1. The van der Waals surface area contributed by atoms with Gasteiger partial charge in [-0.2, -0.15) is 5.10 Å². The molecule has 1 aliphatic rings. The van der Waals surface area contributed by atoms with Crippen LogP contribution in [0.15, 0.2) is 48.8 Å². The maximum absolute atomic E-state index is 12.6. The number of fused-ring (bicyclic) bond motifs is 3. The van der Waals surface area contributed by atoms with E-state index in [0.717, 1.165) is 28.1 Å². The van der Waals surface area contributed by atoms with E-state index in [0.29, 0.717) is 18.8 Å². The molecule has 2 aromatic heterocycles. The summed E-state index contributed by atoms with van der Waals surface area (Å²) in [6.07, 6.45) is 3.43. The third kappa shape index (κ3) is 2.42. The summed E-state index contributed by atoms with van der Waals surface area (Å²) < 4.78 is 7.52. The molecule has 0 radical (unpaired) electrons. The van der Waals surface area contributed by atoms with Crippen LogP contribution in [-0.4, -0.2) is 20.7 Å². The zero-order valence-corrected chi connectivity index (χ0v) is 13.2. The molecule has 24 heavy (non-hydrogen) atoms. The van der Waals surface area contributed by atoms with Gasteiger partial charge >= 0.3 is 0 Å². The van der Waals surface area contributed by atoms with Crippen molar-refractivity contribution in [3.05, 3.63) is 65.6 Å². The van der Waals surface area contributed by atoms with Crippen molar-refractivity contribution in [3.63, 3.8) is 0 Å². The lowest BCUT2D eigenvalue weighted by Gasteiger charge is -2.18. The number of aromatic nitrogens is 3. The summed E-state index contributed by atoms with van der Waals surface area (Å²) >= 11 is 0. The number of ether oxygens (including phenoxy) is 1. The number of pyridine rings is 1. The number of hydrogen-bond acceptors (Lipinski definition) is 4. The van der Waals surface area contributed by atoms with Crippen LogP contribution in [0.2, 0.25) is 0 Å². The van der Waals surface area contributed by atoms with Crippen molar-refractivity contribution in [2.45, 2.75) is 13.2 Å². The summed E-state index contributed by atoms with van der Waals surface area (Å²) in [5.74, 6) is 0.606. The number of hydrogen-bond donors (Lipinski definition) is 1. The summed E-state index contributed by atoms with van der Waals surface area (Å²) in [4.78, 5) is 16.6. The first kappa shape index (κ1) is 14.4. The number of para-hydroxylation sites is 1. The molecular formula is C18H16N4O2. The van der Waals surface area contributed by atoms with Crippen LogP contribution in [0.3, 0.4) is 0 Å². The molecule has 3 heterocycles. The highest BCUT2D eigenvalue weighted by atomic mass is 16.5. The van der Waals surface area contributed by atoms with E-state index in [1.54, 1.807) is 17.1 Å². The van der Waals surface area contributed by atoms with Gasteiger partial charge < -0.3 is 10.1 Å². The molecule has 6 heteroatoms. The fraction of sp³-hybridized carbons (Fsp3) is 0.167. The molecule has 0 fully saturated rings. The van der Waals surface area contributed by atoms with Gasteiger partial charge in [0, 0.05) is 37.1 Å². The van der Waals surface area contributed by atoms with Gasteiger partial charge in [0.15, 0.2) is 5.69 Å². The molecule has 0 unspecified atom stereocenters. The highest BCUT2D eigenvalue weighted by Crippen LogP contribution is 2.38. The van der Waals surface area contributed by atoms with Gasteiger partial charge in [-0.1, -0.05) is 18.2 Å². The second-order valence-corrected chi connectivity index (χ2v) is 5.63. The van der Waals surface area contributed by atoms with Crippen LogP contribution >= 0.6 is 0 Å². The number of carbonyl (C=O) groups excluding carboxylic acids is 1. The van der Waals surface area contributed by atoms with Gasteiger partial charge in [-0.25, -0.2) is 0 Å². The van der Waals surface area contributed by atoms with Crippen LogP contribution in [0.1, 0.15) is 21.6 Å². The molecule has 120 valence electrons. The predicted molar refractivity (Wildman–Crippen MR) is 88.4 cm³/mol. The average Bonchev–Trinajstić information content (AvgIpc) is 2.98. The molecule has 0 atom stereocenters. The van der Waals surface area contributed by atoms with Gasteiger partial charge in [0.05, 0.1) is 5.69 Å². The van der Waals surface area contributed by atoms with Crippen LogP contribution in [0.25, 0.3) is 11.3 Å². The molecule has 1 aromatic carbocycles. The second-order valence-electron chi connectivity index (χ2n) is 5.63. The Bertz CT molecular complexity index is 903. The van der Waals surface area contributed by atoms with E-state index < -0.39 is 0 Å². The lowest BCUT2D eigenvalue weighted by atomic mass is 10.0. The van der Waals surface area contributed by atoms with Gasteiger partial charge in [0.25, 0.3) is 5.91 Å². The van der Waals surface area contributed by atoms with Crippen molar-refractivity contribution in [2.24, 2.45) is 7.05 Å². The number of carbonyl (C=O) groups is 1. The maximum atomic E-state index is 12.6. The molecule has 0 saturated heterocycles. The minimum absolute atomic E-state index is 0.210. The van der Waals surface area contributed by atoms with Gasteiger partial charge in [0.2, 0.25) is 0 Å². The van der Waals surface area contributed by atoms with Crippen LogP contribution in [0.4, 0.5) is 0 Å². The van der Waals surface area contributed by atoms with Crippen molar-refractivity contribution in [1.82, 2.24) is 20.1 Å². The Morgan fingerprint density at radius 2 is 2.17 bits per heavy atom. The molecule has 0 spiro atoms. The summed E-state index contributed by atoms with van der Waals surface area (Å²) in [5, 5.41) is 7.30. The van der Waals surface area contributed by atoms with Gasteiger partial charge in [-0.15, -0.1) is 0 Å². The maximum Gasteiger partial charge on any atom is 0.272 e. The first-order valence-corrected chi connectivity index (χ1v) is 7.69. The Morgan fingerprint density at radius 1 is 1.29 bits per heavy atom. The lowest BCUT2D eigenvalue weighted by molar-refractivity contribution is 0.0942. The molecule has 3 aromatic rings. The molecule has 0 saturated carbocycles. The molecule has 1 aliphatic heterocycles. The SMILES string of the molecule is Cn1nc(C(=O)NCc2cccnc2)c2c1-c1ccccc1OC2. The molecule has 0 aliphatic carbocycles. The summed E-state index contributed by atoms with van der Waals surface area (Å²) in [6.45, 7) is 0.755. The largest absolute Gasteiger partial charge is 0.488 e. The number of rotatable bonds is 3. The van der Waals surface area contributed by atoms with E-state index in [1.165, 1.54) is 0 Å². The lowest BCUT2D eigenvalue weighted by Crippen LogP contribution is -2.25. The van der Waals surface area contributed by atoms with Crippen molar-refractivity contribution in [2.75, 3.05) is 0 Å². The molecule has 4 rings (SSSR count). The summed E-state index contributed by atoms with van der Waals surface area (Å²) in [5.41, 5.74) is 4.06. The molecular weight excluding hydrogens is 304 g/mol. The van der Waals surface area contributed by atoms with Crippen LogP contribution in [0.5, 0.6) is 5.75 Å². The molecule has 6 nitrogen and oxygen atoms in total. The third-order valence-corrected chi connectivity index (χ3v) is 4.05. The minimum atomic E-state index is -0.210. The van der Waals surface area contributed by atoms with Gasteiger partial charge in [-0.05, 0) is 23.8 Å². The normalized spacial score (nSPS) is 12.0. The molecule has 1 amide bonds. The molecule has 0 bridgehead atoms. The quantitative estimate of drug-likeness (QED) is 0.804. The number of amides is 1. The highest BCUT2D eigenvalue weighted by Gasteiger charge is 2.27. The van der Waals surface area contributed by atoms with E-state index in [4.69, 9.17) is 4.74 Å². The Labute approximate surface area is 139 Å². The fourth-order valence-corrected chi connectivity index (χ4v) is 2.93. The minimum Gasteiger partial charge on any atom is -0.488 e. The number of nitrogens with zero attached hydrogens (tertiary/aromatic N) is 3. The van der Waals surface area contributed by atoms with Crippen LogP contribution in [-0.2, 0) is 20.2 Å². The van der Waals surface area contributed by atoms with Gasteiger partial charge in [0.1, 0.15) is 12.4 Å². The topological polar surface area (TPSA) is 69.0 Å². The number of aryl methyl sites for hydroxylation is 1. The van der Waals surface area contributed by atoms with E-state index in [1.807, 2.05) is 43.4 Å². The van der Waals surface area contributed by atoms with Crippen molar-refractivity contribution in [1.29, 1.82) is 0 Å². The van der Waals surface area contributed by atoms with E-state index >= 15 is 0 Å². The average molecular weight is 320 g/mol. The van der Waals surface area contributed by atoms with Crippen LogP contribution < -0.4 is 10.1 Å². The fourth-order valence-electron chi connectivity index (χ4n) is 2.93. The number of nitrogens with one attached hydrogen (secondary N) is 1. The first-order valence-electron chi connectivity index (χ1n) is 7.69. The third-order valence-electron chi connectivity index (χ3n) is 4.05. The van der Waals surface area contributed by atoms with E-state index in [2.05, 4.69) is 15.4 Å². The van der Waals surface area contributed by atoms with Crippen LogP contribution in [0, 0.1) is 0 Å². The Kier molecular flexibility index (Phi) is 3.49. The second kappa shape index (κ2) is 5.81. The van der Waals surface area contributed by atoms with E-state index in [9.17, 15) is 4.79 Å². The highest BCUT2D eigenvalue weighted by molar-refractivity contribution is 5.96. The molecule has 1 N–H and O–H groups in total. The standard InChI is InChI=1S/C18H16N4O2/c1-22-17-13-6-2-3-7-15(13)24-11-14(17)16(21-22)18(23)20-10-12-5-4-8-19-9-12/h2-9H,10-11H2,1H3,(H,20,23). The predicted octanol–water partition coefficient (Wildman–Crippen LogP) is 2.30. The van der Waals surface area contributed by atoms with Gasteiger partial charge in [-0.3, -0.25) is 14.5 Å².